The zero-order valence-corrected chi connectivity index (χ0v) is 10.3. The van der Waals surface area contributed by atoms with Crippen LogP contribution in [-0.4, -0.2) is 37.6 Å². The van der Waals surface area contributed by atoms with Gasteiger partial charge in [0.25, 0.3) is 0 Å². The summed E-state index contributed by atoms with van der Waals surface area (Å²) in [7, 11) is 0. The lowest BCUT2D eigenvalue weighted by molar-refractivity contribution is 0.280. The summed E-state index contributed by atoms with van der Waals surface area (Å²) in [6, 6.07) is 0. The Morgan fingerprint density at radius 2 is 1.87 bits per heavy atom. The lowest BCUT2D eigenvalue weighted by Gasteiger charge is -2.23. The Kier molecular flexibility index (Phi) is 9.54. The highest BCUT2D eigenvalue weighted by Gasteiger charge is 2.06. The first-order chi connectivity index (χ1) is 7.24. The number of hydrogen-bond acceptors (Lipinski definition) is 2. The minimum Gasteiger partial charge on any atom is -0.316 e. The Labute approximate surface area is 95.0 Å². The molecule has 1 atom stereocenters. The SMILES string of the molecule is C=CCN(CC=C)CC(C)CNCCC. The van der Waals surface area contributed by atoms with Gasteiger partial charge in [-0.15, -0.1) is 13.2 Å². The van der Waals surface area contributed by atoms with Gasteiger partial charge < -0.3 is 5.32 Å². The van der Waals surface area contributed by atoms with Gasteiger partial charge in [-0.1, -0.05) is 26.0 Å². The summed E-state index contributed by atoms with van der Waals surface area (Å²) < 4.78 is 0. The molecule has 0 radical (unpaired) electrons. The number of nitrogens with one attached hydrogen (secondary N) is 1. The molecule has 0 bridgehead atoms. The van der Waals surface area contributed by atoms with Crippen LogP contribution in [0.5, 0.6) is 0 Å². The smallest absolute Gasteiger partial charge is 0.0164 e. The molecule has 0 aliphatic rings. The van der Waals surface area contributed by atoms with E-state index in [9.17, 15) is 0 Å². The van der Waals surface area contributed by atoms with Crippen LogP contribution in [0.25, 0.3) is 0 Å². The van der Waals surface area contributed by atoms with Gasteiger partial charge in [0.1, 0.15) is 0 Å². The van der Waals surface area contributed by atoms with E-state index in [0.717, 1.165) is 32.7 Å². The standard InChI is InChI=1S/C13H26N2/c1-5-8-14-11-13(4)12-15(9-6-2)10-7-3/h6-7,13-14H,2-3,5,8-12H2,1,4H3. The third-order valence-electron chi connectivity index (χ3n) is 2.26. The summed E-state index contributed by atoms with van der Waals surface area (Å²) in [4.78, 5) is 2.36. The van der Waals surface area contributed by atoms with Crippen LogP contribution < -0.4 is 5.32 Å². The molecule has 0 aliphatic heterocycles. The van der Waals surface area contributed by atoms with E-state index in [-0.39, 0.29) is 0 Å². The van der Waals surface area contributed by atoms with Gasteiger partial charge in [-0.2, -0.15) is 0 Å². The number of hydrogen-bond donors (Lipinski definition) is 1. The maximum Gasteiger partial charge on any atom is 0.0164 e. The average Bonchev–Trinajstić information content (AvgIpc) is 2.19. The fourth-order valence-corrected chi connectivity index (χ4v) is 1.62. The summed E-state index contributed by atoms with van der Waals surface area (Å²) >= 11 is 0. The molecule has 0 spiro atoms. The van der Waals surface area contributed by atoms with E-state index in [1.54, 1.807) is 0 Å². The van der Waals surface area contributed by atoms with Crippen molar-refractivity contribution in [1.29, 1.82) is 0 Å². The molecule has 0 saturated carbocycles. The van der Waals surface area contributed by atoms with Crippen molar-refractivity contribution in [2.75, 3.05) is 32.7 Å². The molecule has 0 heterocycles. The Morgan fingerprint density at radius 1 is 1.27 bits per heavy atom. The Hall–Kier alpha value is -0.600. The first-order valence-corrected chi connectivity index (χ1v) is 5.89. The van der Waals surface area contributed by atoms with Crippen molar-refractivity contribution in [3.63, 3.8) is 0 Å². The lowest BCUT2D eigenvalue weighted by Crippen LogP contribution is -2.33. The van der Waals surface area contributed by atoms with Crippen LogP contribution in [0, 0.1) is 5.92 Å². The molecule has 0 rings (SSSR count). The highest BCUT2D eigenvalue weighted by atomic mass is 15.1. The van der Waals surface area contributed by atoms with Crippen molar-refractivity contribution in [3.8, 4) is 0 Å². The van der Waals surface area contributed by atoms with E-state index >= 15 is 0 Å². The summed E-state index contributed by atoms with van der Waals surface area (Å²) in [6.07, 6.45) is 5.11. The maximum absolute atomic E-state index is 3.77. The number of rotatable bonds is 10. The zero-order valence-electron chi connectivity index (χ0n) is 10.3. The van der Waals surface area contributed by atoms with E-state index in [0.29, 0.717) is 5.92 Å². The van der Waals surface area contributed by atoms with E-state index in [4.69, 9.17) is 0 Å². The van der Waals surface area contributed by atoms with Crippen molar-refractivity contribution >= 4 is 0 Å². The number of nitrogens with zero attached hydrogens (tertiary/aromatic N) is 1. The second-order valence-electron chi connectivity index (χ2n) is 4.11. The van der Waals surface area contributed by atoms with E-state index in [1.165, 1.54) is 6.42 Å². The van der Waals surface area contributed by atoms with Gasteiger partial charge in [-0.05, 0) is 25.4 Å². The monoisotopic (exact) mass is 210 g/mol. The van der Waals surface area contributed by atoms with E-state index < -0.39 is 0 Å². The van der Waals surface area contributed by atoms with Gasteiger partial charge in [-0.25, -0.2) is 0 Å². The van der Waals surface area contributed by atoms with Gasteiger partial charge in [-0.3, -0.25) is 4.90 Å². The normalized spacial score (nSPS) is 12.7. The first kappa shape index (κ1) is 14.4. The van der Waals surface area contributed by atoms with Gasteiger partial charge in [0.05, 0.1) is 0 Å². The van der Waals surface area contributed by atoms with Crippen molar-refractivity contribution < 1.29 is 0 Å². The minimum absolute atomic E-state index is 0.677. The molecule has 0 amide bonds. The van der Waals surface area contributed by atoms with Crippen LogP contribution in [0.3, 0.4) is 0 Å². The van der Waals surface area contributed by atoms with Gasteiger partial charge in [0, 0.05) is 19.6 Å². The van der Waals surface area contributed by atoms with Gasteiger partial charge in [0.2, 0.25) is 0 Å². The molecular formula is C13H26N2. The summed E-state index contributed by atoms with van der Waals surface area (Å²) in [6.45, 7) is 17.2. The van der Waals surface area contributed by atoms with Crippen LogP contribution in [0.15, 0.2) is 25.3 Å². The Morgan fingerprint density at radius 3 is 2.33 bits per heavy atom. The van der Waals surface area contributed by atoms with E-state index in [2.05, 4.69) is 37.2 Å². The highest BCUT2D eigenvalue weighted by molar-refractivity contribution is 4.80. The predicted octanol–water partition coefficient (Wildman–Crippen LogP) is 2.30. The molecule has 1 N–H and O–H groups in total. The fraction of sp³-hybridized carbons (Fsp3) is 0.692. The maximum atomic E-state index is 3.77. The van der Waals surface area contributed by atoms with Crippen molar-refractivity contribution in [3.05, 3.63) is 25.3 Å². The molecule has 1 unspecified atom stereocenters. The summed E-state index contributed by atoms with van der Waals surface area (Å²) in [5.74, 6) is 0.677. The predicted molar refractivity (Wildman–Crippen MR) is 69.2 cm³/mol. The van der Waals surface area contributed by atoms with Crippen molar-refractivity contribution in [2.45, 2.75) is 20.3 Å². The fourth-order valence-electron chi connectivity index (χ4n) is 1.62. The lowest BCUT2D eigenvalue weighted by atomic mass is 10.1. The molecule has 0 aromatic heterocycles. The quantitative estimate of drug-likeness (QED) is 0.440. The Balaban J connectivity index is 3.71. The molecule has 0 aliphatic carbocycles. The minimum atomic E-state index is 0.677. The molecule has 0 fully saturated rings. The van der Waals surface area contributed by atoms with Crippen molar-refractivity contribution in [2.24, 2.45) is 5.92 Å². The molecule has 0 saturated heterocycles. The van der Waals surface area contributed by atoms with Crippen molar-refractivity contribution in [1.82, 2.24) is 10.2 Å². The zero-order chi connectivity index (χ0) is 11.5. The van der Waals surface area contributed by atoms with E-state index in [1.807, 2.05) is 12.2 Å². The van der Waals surface area contributed by atoms with Crippen LogP contribution >= 0.6 is 0 Å². The molecule has 0 aromatic rings. The molecule has 0 aromatic carbocycles. The Bertz CT molecular complexity index is 156. The second-order valence-corrected chi connectivity index (χ2v) is 4.11. The highest BCUT2D eigenvalue weighted by Crippen LogP contribution is 1.99. The first-order valence-electron chi connectivity index (χ1n) is 5.89. The molecule has 88 valence electrons. The van der Waals surface area contributed by atoms with Crippen LogP contribution in [0.2, 0.25) is 0 Å². The van der Waals surface area contributed by atoms with Crippen LogP contribution in [-0.2, 0) is 0 Å². The summed E-state index contributed by atoms with van der Waals surface area (Å²) in [5.41, 5.74) is 0. The third-order valence-corrected chi connectivity index (χ3v) is 2.26. The molecular weight excluding hydrogens is 184 g/mol. The van der Waals surface area contributed by atoms with Crippen LogP contribution in [0.4, 0.5) is 0 Å². The topological polar surface area (TPSA) is 15.3 Å². The average molecular weight is 210 g/mol. The molecule has 2 heteroatoms. The van der Waals surface area contributed by atoms with Gasteiger partial charge in [0.15, 0.2) is 0 Å². The summed E-state index contributed by atoms with van der Waals surface area (Å²) in [5, 5.41) is 3.45. The second kappa shape index (κ2) is 9.94. The van der Waals surface area contributed by atoms with Gasteiger partial charge >= 0.3 is 0 Å². The molecule has 2 nitrogen and oxygen atoms in total. The molecule has 15 heavy (non-hydrogen) atoms. The largest absolute Gasteiger partial charge is 0.316 e. The van der Waals surface area contributed by atoms with Crippen LogP contribution in [0.1, 0.15) is 20.3 Å². The third kappa shape index (κ3) is 8.40.